The van der Waals surface area contributed by atoms with Gasteiger partial charge in [-0.15, -0.1) is 0 Å². The third kappa shape index (κ3) is 3.43. The highest BCUT2D eigenvalue weighted by atomic mass is 35.5. The van der Waals surface area contributed by atoms with Gasteiger partial charge >= 0.3 is 6.18 Å². The topological polar surface area (TPSA) is 68.0 Å². The first-order valence-electron chi connectivity index (χ1n) is 5.67. The van der Waals surface area contributed by atoms with Gasteiger partial charge in [0.05, 0.1) is 28.2 Å². The van der Waals surface area contributed by atoms with Crippen molar-refractivity contribution in [2.24, 2.45) is 0 Å². The summed E-state index contributed by atoms with van der Waals surface area (Å²) in [5.74, 6) is -0.811. The minimum absolute atomic E-state index is 0.0720. The molecule has 3 N–H and O–H groups in total. The van der Waals surface area contributed by atoms with Crippen LogP contribution in [0.1, 0.15) is 16.1 Å². The number of rotatable bonds is 2. The molecule has 0 atom stereocenters. The van der Waals surface area contributed by atoms with Crippen LogP contribution in [-0.2, 0) is 6.18 Å². The Balaban J connectivity index is 2.35. The average Bonchev–Trinajstić information content (AvgIpc) is 2.40. The van der Waals surface area contributed by atoms with Crippen LogP contribution in [0.4, 0.5) is 24.5 Å². The fourth-order valence-electron chi connectivity index (χ4n) is 1.60. The predicted molar refractivity (Wildman–Crippen MR) is 73.1 cm³/mol. The highest BCUT2D eigenvalue weighted by molar-refractivity contribution is 6.34. The molecule has 0 aliphatic rings. The summed E-state index contributed by atoms with van der Waals surface area (Å²) in [6.07, 6.45) is -3.41. The first-order chi connectivity index (χ1) is 9.79. The molecule has 1 amide bonds. The number of nitrogen functional groups attached to an aromatic ring is 1. The van der Waals surface area contributed by atoms with Gasteiger partial charge in [-0.1, -0.05) is 17.7 Å². The molecule has 2 aromatic rings. The number of halogens is 4. The van der Waals surface area contributed by atoms with Crippen molar-refractivity contribution in [3.05, 3.63) is 52.8 Å². The van der Waals surface area contributed by atoms with Crippen LogP contribution >= 0.6 is 11.6 Å². The van der Waals surface area contributed by atoms with Crippen LogP contribution in [0.15, 0.2) is 36.5 Å². The number of anilines is 2. The Morgan fingerprint density at radius 1 is 1.24 bits per heavy atom. The summed E-state index contributed by atoms with van der Waals surface area (Å²) >= 11 is 5.74. The molecular formula is C13H9ClF3N3O. The summed E-state index contributed by atoms with van der Waals surface area (Å²) in [6, 6.07) is 5.96. The fraction of sp³-hybridized carbons (Fsp3) is 0.0769. The van der Waals surface area contributed by atoms with Crippen molar-refractivity contribution in [1.29, 1.82) is 0 Å². The van der Waals surface area contributed by atoms with Gasteiger partial charge in [0, 0.05) is 0 Å². The zero-order valence-corrected chi connectivity index (χ0v) is 11.2. The minimum atomic E-state index is -4.64. The fourth-order valence-corrected chi connectivity index (χ4v) is 1.83. The van der Waals surface area contributed by atoms with Crippen LogP contribution in [0.5, 0.6) is 0 Å². The molecule has 1 aromatic carbocycles. The normalized spacial score (nSPS) is 11.2. The molecule has 2 rings (SSSR count). The second-order valence-corrected chi connectivity index (χ2v) is 4.50. The van der Waals surface area contributed by atoms with Crippen molar-refractivity contribution in [3.63, 3.8) is 0 Å². The van der Waals surface area contributed by atoms with Crippen LogP contribution in [0, 0.1) is 0 Å². The summed E-state index contributed by atoms with van der Waals surface area (Å²) in [7, 11) is 0. The van der Waals surface area contributed by atoms with E-state index in [2.05, 4.69) is 10.3 Å². The van der Waals surface area contributed by atoms with E-state index in [4.69, 9.17) is 17.3 Å². The molecule has 0 bridgehead atoms. The molecular weight excluding hydrogens is 307 g/mol. The van der Waals surface area contributed by atoms with Crippen LogP contribution in [-0.4, -0.2) is 10.9 Å². The number of alkyl halides is 3. The predicted octanol–water partition coefficient (Wildman–Crippen LogP) is 3.59. The number of carbonyl (C=O) groups is 1. The Hall–Kier alpha value is -2.28. The molecule has 0 saturated carbocycles. The molecule has 110 valence electrons. The highest BCUT2D eigenvalue weighted by Crippen LogP contribution is 2.38. The lowest BCUT2D eigenvalue weighted by Gasteiger charge is -2.14. The van der Waals surface area contributed by atoms with Crippen molar-refractivity contribution in [1.82, 2.24) is 4.98 Å². The summed E-state index contributed by atoms with van der Waals surface area (Å²) in [5.41, 5.74) is 4.15. The zero-order valence-electron chi connectivity index (χ0n) is 10.4. The van der Waals surface area contributed by atoms with Gasteiger partial charge in [0.2, 0.25) is 0 Å². The zero-order chi connectivity index (χ0) is 15.6. The molecule has 0 fully saturated rings. The number of nitrogens with two attached hydrogens (primary N) is 1. The van der Waals surface area contributed by atoms with Gasteiger partial charge in [-0.05, 0) is 24.3 Å². The minimum Gasteiger partial charge on any atom is -0.397 e. The Morgan fingerprint density at radius 2 is 1.95 bits per heavy atom. The average molecular weight is 316 g/mol. The van der Waals surface area contributed by atoms with Crippen LogP contribution < -0.4 is 11.1 Å². The maximum atomic E-state index is 12.9. The lowest BCUT2D eigenvalue weighted by atomic mass is 10.1. The van der Waals surface area contributed by atoms with E-state index in [9.17, 15) is 18.0 Å². The SMILES string of the molecule is Nc1ccc(C(=O)Nc2c(Cl)cccc2C(F)(F)F)nc1. The molecule has 0 radical (unpaired) electrons. The van der Waals surface area contributed by atoms with Crippen LogP contribution in [0.2, 0.25) is 5.02 Å². The quantitative estimate of drug-likeness (QED) is 0.890. The van der Waals surface area contributed by atoms with Gasteiger partial charge in [0.15, 0.2) is 0 Å². The monoisotopic (exact) mass is 315 g/mol. The van der Waals surface area contributed by atoms with E-state index in [0.717, 1.165) is 12.1 Å². The van der Waals surface area contributed by atoms with Gasteiger partial charge < -0.3 is 11.1 Å². The number of benzene rings is 1. The Bertz CT molecular complexity index is 671. The van der Waals surface area contributed by atoms with E-state index in [1.807, 2.05) is 0 Å². The van der Waals surface area contributed by atoms with Crippen molar-refractivity contribution in [2.75, 3.05) is 11.1 Å². The van der Waals surface area contributed by atoms with E-state index >= 15 is 0 Å². The summed E-state index contributed by atoms with van der Waals surface area (Å²) in [4.78, 5) is 15.7. The smallest absolute Gasteiger partial charge is 0.397 e. The van der Waals surface area contributed by atoms with Crippen molar-refractivity contribution >= 4 is 28.9 Å². The molecule has 21 heavy (non-hydrogen) atoms. The van der Waals surface area contributed by atoms with E-state index in [-0.39, 0.29) is 10.7 Å². The van der Waals surface area contributed by atoms with Gasteiger partial charge in [0.1, 0.15) is 5.69 Å². The number of para-hydroxylation sites is 1. The standard InChI is InChI=1S/C13H9ClF3N3O/c14-9-3-1-2-8(13(15,16)17)11(9)20-12(21)10-5-4-7(18)6-19-10/h1-6H,18H2,(H,20,21). The number of hydrogen-bond donors (Lipinski definition) is 2. The Kier molecular flexibility index (Phi) is 4.04. The van der Waals surface area contributed by atoms with Gasteiger partial charge in [-0.3, -0.25) is 4.79 Å². The maximum Gasteiger partial charge on any atom is 0.418 e. The number of aromatic nitrogens is 1. The second-order valence-electron chi connectivity index (χ2n) is 4.09. The number of carbonyl (C=O) groups excluding carboxylic acids is 1. The van der Waals surface area contributed by atoms with E-state index in [0.29, 0.717) is 5.69 Å². The Morgan fingerprint density at radius 3 is 2.52 bits per heavy atom. The molecule has 0 aliphatic heterocycles. The van der Waals surface area contributed by atoms with E-state index in [1.165, 1.54) is 24.4 Å². The third-order valence-corrected chi connectivity index (χ3v) is 2.89. The highest BCUT2D eigenvalue weighted by Gasteiger charge is 2.34. The molecule has 0 aliphatic carbocycles. The van der Waals surface area contributed by atoms with Crippen LogP contribution in [0.3, 0.4) is 0 Å². The maximum absolute atomic E-state index is 12.9. The van der Waals surface area contributed by atoms with E-state index in [1.54, 1.807) is 0 Å². The van der Waals surface area contributed by atoms with Gasteiger partial charge in [-0.25, -0.2) is 4.98 Å². The molecule has 1 aromatic heterocycles. The number of pyridine rings is 1. The third-order valence-electron chi connectivity index (χ3n) is 2.58. The van der Waals surface area contributed by atoms with E-state index < -0.39 is 23.3 Å². The summed E-state index contributed by atoms with van der Waals surface area (Å²) in [6.45, 7) is 0. The lowest BCUT2D eigenvalue weighted by Crippen LogP contribution is -2.18. The number of nitrogens with one attached hydrogen (secondary N) is 1. The largest absolute Gasteiger partial charge is 0.418 e. The number of hydrogen-bond acceptors (Lipinski definition) is 3. The summed E-state index contributed by atoms with van der Waals surface area (Å²) in [5, 5.41) is 1.91. The first-order valence-corrected chi connectivity index (χ1v) is 6.05. The molecule has 0 unspecified atom stereocenters. The van der Waals surface area contributed by atoms with Crippen molar-refractivity contribution in [3.8, 4) is 0 Å². The van der Waals surface area contributed by atoms with Gasteiger partial charge in [-0.2, -0.15) is 13.2 Å². The molecule has 0 saturated heterocycles. The molecule has 0 spiro atoms. The van der Waals surface area contributed by atoms with Crippen molar-refractivity contribution in [2.45, 2.75) is 6.18 Å². The Labute approximate surface area is 122 Å². The van der Waals surface area contributed by atoms with Crippen LogP contribution in [0.25, 0.3) is 0 Å². The molecule has 4 nitrogen and oxygen atoms in total. The molecule has 1 heterocycles. The lowest BCUT2D eigenvalue weighted by molar-refractivity contribution is -0.136. The number of nitrogens with zero attached hydrogens (tertiary/aromatic N) is 1. The number of amides is 1. The second kappa shape index (κ2) is 5.61. The first kappa shape index (κ1) is 15.1. The van der Waals surface area contributed by atoms with Gasteiger partial charge in [0.25, 0.3) is 5.91 Å². The van der Waals surface area contributed by atoms with Crippen molar-refractivity contribution < 1.29 is 18.0 Å². The summed E-state index contributed by atoms with van der Waals surface area (Å²) < 4.78 is 38.7. The molecule has 8 heteroatoms.